The third-order valence-corrected chi connectivity index (χ3v) is 3.44. The quantitative estimate of drug-likeness (QED) is 0.886. The lowest BCUT2D eigenvalue weighted by Gasteiger charge is -2.22. The first-order valence-electron chi connectivity index (χ1n) is 6.56. The minimum Gasteiger partial charge on any atom is -0.349 e. The summed E-state index contributed by atoms with van der Waals surface area (Å²) < 4.78 is 0. The van der Waals surface area contributed by atoms with Crippen LogP contribution in [0.5, 0.6) is 0 Å². The van der Waals surface area contributed by atoms with Crippen molar-refractivity contribution in [3.63, 3.8) is 0 Å². The molecule has 0 saturated heterocycles. The second-order valence-corrected chi connectivity index (χ2v) is 4.84. The van der Waals surface area contributed by atoms with Crippen LogP contribution in [0.15, 0.2) is 24.3 Å². The van der Waals surface area contributed by atoms with E-state index in [0.717, 1.165) is 18.4 Å². The highest BCUT2D eigenvalue weighted by molar-refractivity contribution is 5.94. The van der Waals surface area contributed by atoms with Crippen LogP contribution in [0.4, 0.5) is 0 Å². The number of nitrogens with zero attached hydrogens (tertiary/aromatic N) is 1. The average molecular weight is 242 g/mol. The molecule has 0 unspecified atom stereocenters. The van der Waals surface area contributed by atoms with Crippen LogP contribution in [0.1, 0.15) is 48.0 Å². The monoisotopic (exact) mass is 242 g/mol. The molecule has 1 aliphatic carbocycles. The van der Waals surface area contributed by atoms with Crippen molar-refractivity contribution in [3.8, 4) is 6.07 Å². The summed E-state index contributed by atoms with van der Waals surface area (Å²) in [5.74, 6) is 0.00501. The lowest BCUT2D eigenvalue weighted by Crippen LogP contribution is -2.36. The van der Waals surface area contributed by atoms with Gasteiger partial charge in [-0.1, -0.05) is 31.4 Å². The topological polar surface area (TPSA) is 52.9 Å². The van der Waals surface area contributed by atoms with E-state index in [1.807, 2.05) is 12.1 Å². The third kappa shape index (κ3) is 3.33. The van der Waals surface area contributed by atoms with Crippen molar-refractivity contribution in [2.24, 2.45) is 0 Å². The Bertz CT molecular complexity index is 439. The molecule has 1 aromatic carbocycles. The maximum atomic E-state index is 12.0. The number of hydrogen-bond acceptors (Lipinski definition) is 2. The molecule has 0 aliphatic heterocycles. The molecule has 2 rings (SSSR count). The maximum Gasteiger partial charge on any atom is 0.251 e. The molecular weight excluding hydrogens is 224 g/mol. The molecule has 94 valence electrons. The van der Waals surface area contributed by atoms with Gasteiger partial charge in [-0.2, -0.15) is 5.26 Å². The fourth-order valence-electron chi connectivity index (χ4n) is 2.38. The van der Waals surface area contributed by atoms with E-state index >= 15 is 0 Å². The fourth-order valence-corrected chi connectivity index (χ4v) is 2.38. The Balaban J connectivity index is 1.93. The molecule has 18 heavy (non-hydrogen) atoms. The van der Waals surface area contributed by atoms with Gasteiger partial charge in [-0.25, -0.2) is 0 Å². The van der Waals surface area contributed by atoms with Crippen LogP contribution in [-0.4, -0.2) is 11.9 Å². The smallest absolute Gasteiger partial charge is 0.251 e. The number of carbonyl (C=O) groups excluding carboxylic acids is 1. The number of rotatable bonds is 3. The van der Waals surface area contributed by atoms with E-state index in [0.29, 0.717) is 18.0 Å². The van der Waals surface area contributed by atoms with Gasteiger partial charge in [0.25, 0.3) is 5.91 Å². The first kappa shape index (κ1) is 12.6. The summed E-state index contributed by atoms with van der Waals surface area (Å²) in [6.07, 6.45) is 6.30. The van der Waals surface area contributed by atoms with Crippen LogP contribution < -0.4 is 5.32 Å². The lowest BCUT2D eigenvalue weighted by molar-refractivity contribution is 0.0927. The SMILES string of the molecule is N#CCc1ccc(C(=O)NC2CCCCC2)cc1. The molecule has 1 aliphatic rings. The van der Waals surface area contributed by atoms with Gasteiger partial charge in [-0.3, -0.25) is 4.79 Å². The largest absolute Gasteiger partial charge is 0.349 e. The van der Waals surface area contributed by atoms with Crippen molar-refractivity contribution < 1.29 is 4.79 Å². The lowest BCUT2D eigenvalue weighted by atomic mass is 9.95. The summed E-state index contributed by atoms with van der Waals surface area (Å²) >= 11 is 0. The van der Waals surface area contributed by atoms with Crippen LogP contribution >= 0.6 is 0 Å². The zero-order chi connectivity index (χ0) is 12.8. The molecule has 1 aromatic rings. The standard InChI is InChI=1S/C15H18N2O/c16-11-10-12-6-8-13(9-7-12)15(18)17-14-4-2-1-3-5-14/h6-9,14H,1-5,10H2,(H,17,18). The van der Waals surface area contributed by atoms with E-state index in [4.69, 9.17) is 5.26 Å². The molecule has 0 bridgehead atoms. The summed E-state index contributed by atoms with van der Waals surface area (Å²) in [7, 11) is 0. The van der Waals surface area contributed by atoms with E-state index in [1.54, 1.807) is 12.1 Å². The van der Waals surface area contributed by atoms with Gasteiger partial charge in [-0.15, -0.1) is 0 Å². The van der Waals surface area contributed by atoms with E-state index in [9.17, 15) is 4.79 Å². The molecule has 1 amide bonds. The van der Waals surface area contributed by atoms with E-state index in [1.165, 1.54) is 19.3 Å². The Morgan fingerprint density at radius 3 is 2.50 bits per heavy atom. The van der Waals surface area contributed by atoms with Crippen molar-refractivity contribution in [1.29, 1.82) is 5.26 Å². The predicted molar refractivity (Wildman–Crippen MR) is 70.1 cm³/mol. The summed E-state index contributed by atoms with van der Waals surface area (Å²) in [5, 5.41) is 11.7. The molecule has 3 nitrogen and oxygen atoms in total. The summed E-state index contributed by atoms with van der Waals surface area (Å²) in [4.78, 5) is 12.0. The molecular formula is C15H18N2O. The van der Waals surface area contributed by atoms with Crippen LogP contribution in [0.25, 0.3) is 0 Å². The molecule has 1 N–H and O–H groups in total. The number of benzene rings is 1. The molecule has 0 atom stereocenters. The number of nitriles is 1. The van der Waals surface area contributed by atoms with Gasteiger partial charge in [0.1, 0.15) is 0 Å². The van der Waals surface area contributed by atoms with Crippen molar-refractivity contribution in [2.45, 2.75) is 44.6 Å². The zero-order valence-electron chi connectivity index (χ0n) is 10.5. The van der Waals surface area contributed by atoms with E-state index in [-0.39, 0.29) is 5.91 Å². The zero-order valence-corrected chi connectivity index (χ0v) is 10.5. The normalized spacial score (nSPS) is 15.9. The Kier molecular flexibility index (Phi) is 4.35. The Morgan fingerprint density at radius 1 is 1.22 bits per heavy atom. The first-order valence-corrected chi connectivity index (χ1v) is 6.56. The second-order valence-electron chi connectivity index (χ2n) is 4.84. The van der Waals surface area contributed by atoms with E-state index in [2.05, 4.69) is 11.4 Å². The van der Waals surface area contributed by atoms with Gasteiger partial charge in [0.05, 0.1) is 12.5 Å². The van der Waals surface area contributed by atoms with Crippen LogP contribution in [-0.2, 0) is 6.42 Å². The van der Waals surface area contributed by atoms with Crippen molar-refractivity contribution in [1.82, 2.24) is 5.32 Å². The highest BCUT2D eigenvalue weighted by Crippen LogP contribution is 2.18. The van der Waals surface area contributed by atoms with Gasteiger partial charge in [0, 0.05) is 11.6 Å². The Hall–Kier alpha value is -1.82. The highest BCUT2D eigenvalue weighted by Gasteiger charge is 2.16. The molecule has 0 heterocycles. The summed E-state index contributed by atoms with van der Waals surface area (Å²) in [6, 6.07) is 9.72. The van der Waals surface area contributed by atoms with Gasteiger partial charge >= 0.3 is 0 Å². The van der Waals surface area contributed by atoms with Crippen molar-refractivity contribution in [3.05, 3.63) is 35.4 Å². The maximum absolute atomic E-state index is 12.0. The van der Waals surface area contributed by atoms with Gasteiger partial charge in [0.2, 0.25) is 0 Å². The highest BCUT2D eigenvalue weighted by atomic mass is 16.1. The molecule has 1 saturated carbocycles. The van der Waals surface area contributed by atoms with Crippen LogP contribution in [0.3, 0.4) is 0 Å². The molecule has 3 heteroatoms. The number of carbonyl (C=O) groups is 1. The minimum absolute atomic E-state index is 0.00501. The molecule has 0 radical (unpaired) electrons. The van der Waals surface area contributed by atoms with E-state index < -0.39 is 0 Å². The molecule has 1 fully saturated rings. The van der Waals surface area contributed by atoms with Gasteiger partial charge < -0.3 is 5.32 Å². The van der Waals surface area contributed by atoms with Gasteiger partial charge in [-0.05, 0) is 30.5 Å². The van der Waals surface area contributed by atoms with Crippen LogP contribution in [0, 0.1) is 11.3 Å². The van der Waals surface area contributed by atoms with Crippen molar-refractivity contribution in [2.75, 3.05) is 0 Å². The van der Waals surface area contributed by atoms with Crippen molar-refractivity contribution >= 4 is 5.91 Å². The van der Waals surface area contributed by atoms with Gasteiger partial charge in [0.15, 0.2) is 0 Å². The second kappa shape index (κ2) is 6.20. The predicted octanol–water partition coefficient (Wildman–Crippen LogP) is 2.82. The molecule has 0 spiro atoms. The number of hydrogen-bond donors (Lipinski definition) is 1. The summed E-state index contributed by atoms with van der Waals surface area (Å²) in [5.41, 5.74) is 1.63. The number of nitrogens with one attached hydrogen (secondary N) is 1. The molecule has 0 aromatic heterocycles. The fraction of sp³-hybridized carbons (Fsp3) is 0.467. The first-order chi connectivity index (χ1) is 8.79. The number of amides is 1. The third-order valence-electron chi connectivity index (χ3n) is 3.44. The Labute approximate surface area is 108 Å². The Morgan fingerprint density at radius 2 is 1.89 bits per heavy atom. The minimum atomic E-state index is 0.00501. The average Bonchev–Trinajstić information content (AvgIpc) is 2.41. The van der Waals surface area contributed by atoms with Crippen LogP contribution in [0.2, 0.25) is 0 Å². The summed E-state index contributed by atoms with van der Waals surface area (Å²) in [6.45, 7) is 0.